The predicted octanol–water partition coefficient (Wildman–Crippen LogP) is 4.57. The third-order valence-electron chi connectivity index (χ3n) is 3.64. The standard InChI is InChI=1S/C19H22O3/c1-13-8-7-11-16(19(2,3)4)17(13)22-12-14-9-5-6-10-15(14)18(20)21/h5-11H,12H2,1-4H3,(H,20,21). The second-order valence-corrected chi connectivity index (χ2v) is 6.45. The topological polar surface area (TPSA) is 46.5 Å². The van der Waals surface area contributed by atoms with E-state index in [1.54, 1.807) is 18.2 Å². The molecule has 0 radical (unpaired) electrons. The molecule has 0 saturated carbocycles. The van der Waals surface area contributed by atoms with Crippen molar-refractivity contribution in [3.8, 4) is 5.75 Å². The lowest BCUT2D eigenvalue weighted by Gasteiger charge is -2.24. The molecule has 0 heterocycles. The summed E-state index contributed by atoms with van der Waals surface area (Å²) in [5, 5.41) is 9.25. The van der Waals surface area contributed by atoms with Crippen molar-refractivity contribution >= 4 is 5.97 Å². The summed E-state index contributed by atoms with van der Waals surface area (Å²) in [5.41, 5.74) is 3.11. The Balaban J connectivity index is 2.32. The summed E-state index contributed by atoms with van der Waals surface area (Å²) in [5.74, 6) is -0.0878. The molecule has 3 nitrogen and oxygen atoms in total. The first-order valence-corrected chi connectivity index (χ1v) is 7.35. The highest BCUT2D eigenvalue weighted by Crippen LogP contribution is 2.34. The molecule has 2 aromatic rings. The number of aryl methyl sites for hydroxylation is 1. The summed E-state index contributed by atoms with van der Waals surface area (Å²) in [7, 11) is 0. The first kappa shape index (κ1) is 16.1. The van der Waals surface area contributed by atoms with Gasteiger partial charge in [0, 0.05) is 5.56 Å². The van der Waals surface area contributed by atoms with Crippen LogP contribution in [0.3, 0.4) is 0 Å². The van der Waals surface area contributed by atoms with Crippen LogP contribution in [0.1, 0.15) is 47.8 Å². The zero-order valence-electron chi connectivity index (χ0n) is 13.5. The van der Waals surface area contributed by atoms with Gasteiger partial charge in [-0.3, -0.25) is 0 Å². The first-order valence-electron chi connectivity index (χ1n) is 7.35. The lowest BCUT2D eigenvalue weighted by Crippen LogP contribution is -2.14. The van der Waals surface area contributed by atoms with Crippen LogP contribution in [0.5, 0.6) is 5.75 Å². The molecule has 0 saturated heterocycles. The van der Waals surface area contributed by atoms with E-state index in [1.807, 2.05) is 25.1 Å². The van der Waals surface area contributed by atoms with E-state index < -0.39 is 5.97 Å². The second-order valence-electron chi connectivity index (χ2n) is 6.45. The van der Waals surface area contributed by atoms with Crippen molar-refractivity contribution in [3.63, 3.8) is 0 Å². The van der Waals surface area contributed by atoms with Gasteiger partial charge in [-0.15, -0.1) is 0 Å². The summed E-state index contributed by atoms with van der Waals surface area (Å²) in [6, 6.07) is 13.0. The minimum Gasteiger partial charge on any atom is -0.488 e. The largest absolute Gasteiger partial charge is 0.488 e. The highest BCUT2D eigenvalue weighted by atomic mass is 16.5. The molecule has 3 heteroatoms. The van der Waals surface area contributed by atoms with Crippen LogP contribution < -0.4 is 4.74 Å². The number of ether oxygens (including phenoxy) is 1. The van der Waals surface area contributed by atoms with Crippen LogP contribution in [0.25, 0.3) is 0 Å². The van der Waals surface area contributed by atoms with Gasteiger partial charge >= 0.3 is 5.97 Å². The Kier molecular flexibility index (Phi) is 4.55. The van der Waals surface area contributed by atoms with E-state index in [0.717, 1.165) is 16.9 Å². The fourth-order valence-electron chi connectivity index (χ4n) is 2.44. The maximum absolute atomic E-state index is 11.3. The van der Waals surface area contributed by atoms with Crippen molar-refractivity contribution < 1.29 is 14.6 Å². The highest BCUT2D eigenvalue weighted by molar-refractivity contribution is 5.89. The molecular weight excluding hydrogens is 276 g/mol. The molecule has 2 aromatic carbocycles. The van der Waals surface area contributed by atoms with E-state index in [1.165, 1.54) is 0 Å². The van der Waals surface area contributed by atoms with Gasteiger partial charge in [-0.1, -0.05) is 57.2 Å². The minimum absolute atomic E-state index is 0.0341. The number of carbonyl (C=O) groups is 1. The molecule has 22 heavy (non-hydrogen) atoms. The number of carboxylic acid groups (broad SMARTS) is 1. The number of aromatic carboxylic acids is 1. The minimum atomic E-state index is -0.931. The Bertz CT molecular complexity index is 681. The summed E-state index contributed by atoms with van der Waals surface area (Å²) in [4.78, 5) is 11.3. The highest BCUT2D eigenvalue weighted by Gasteiger charge is 2.20. The van der Waals surface area contributed by atoms with Gasteiger partial charge in [0.1, 0.15) is 12.4 Å². The van der Waals surface area contributed by atoms with Gasteiger partial charge in [0.2, 0.25) is 0 Å². The van der Waals surface area contributed by atoms with Crippen molar-refractivity contribution in [2.45, 2.75) is 39.7 Å². The van der Waals surface area contributed by atoms with E-state index in [-0.39, 0.29) is 17.6 Å². The van der Waals surface area contributed by atoms with Crippen LogP contribution >= 0.6 is 0 Å². The molecule has 0 unspecified atom stereocenters. The van der Waals surface area contributed by atoms with Crippen LogP contribution in [-0.4, -0.2) is 11.1 Å². The number of benzene rings is 2. The number of hydrogen-bond donors (Lipinski definition) is 1. The van der Waals surface area contributed by atoms with Gasteiger partial charge < -0.3 is 9.84 Å². The van der Waals surface area contributed by atoms with Crippen molar-refractivity contribution in [2.75, 3.05) is 0 Å². The van der Waals surface area contributed by atoms with Crippen LogP contribution in [-0.2, 0) is 12.0 Å². The molecule has 0 fully saturated rings. The van der Waals surface area contributed by atoms with E-state index >= 15 is 0 Å². The predicted molar refractivity (Wildman–Crippen MR) is 87.6 cm³/mol. The molecule has 0 bridgehead atoms. The lowest BCUT2D eigenvalue weighted by atomic mass is 9.85. The third-order valence-corrected chi connectivity index (χ3v) is 3.64. The zero-order chi connectivity index (χ0) is 16.3. The fourth-order valence-corrected chi connectivity index (χ4v) is 2.44. The van der Waals surface area contributed by atoms with Crippen molar-refractivity contribution in [3.05, 3.63) is 64.7 Å². The Hall–Kier alpha value is -2.29. The third kappa shape index (κ3) is 3.48. The van der Waals surface area contributed by atoms with E-state index in [4.69, 9.17) is 4.74 Å². The van der Waals surface area contributed by atoms with Gasteiger partial charge in [0.05, 0.1) is 5.56 Å². The molecule has 0 atom stereocenters. The number of para-hydroxylation sites is 1. The monoisotopic (exact) mass is 298 g/mol. The molecule has 0 amide bonds. The molecule has 116 valence electrons. The average molecular weight is 298 g/mol. The molecule has 0 aliphatic heterocycles. The normalized spacial score (nSPS) is 11.3. The summed E-state index contributed by atoms with van der Waals surface area (Å²) < 4.78 is 6.01. The zero-order valence-corrected chi connectivity index (χ0v) is 13.5. The summed E-state index contributed by atoms with van der Waals surface area (Å²) in [6.45, 7) is 8.67. The van der Waals surface area contributed by atoms with Crippen LogP contribution in [0.4, 0.5) is 0 Å². The number of rotatable bonds is 4. The Labute approximate surface area is 131 Å². The van der Waals surface area contributed by atoms with Crippen molar-refractivity contribution in [1.29, 1.82) is 0 Å². The van der Waals surface area contributed by atoms with Gasteiger partial charge in [0.25, 0.3) is 0 Å². The molecule has 0 aromatic heterocycles. The molecular formula is C19H22O3. The van der Waals surface area contributed by atoms with E-state index in [2.05, 4.69) is 26.8 Å². The van der Waals surface area contributed by atoms with Crippen molar-refractivity contribution in [2.24, 2.45) is 0 Å². The maximum Gasteiger partial charge on any atom is 0.336 e. The molecule has 0 aliphatic carbocycles. The summed E-state index contributed by atoms with van der Waals surface area (Å²) in [6.07, 6.45) is 0. The summed E-state index contributed by atoms with van der Waals surface area (Å²) >= 11 is 0. The van der Waals surface area contributed by atoms with Gasteiger partial charge in [-0.25, -0.2) is 4.79 Å². The SMILES string of the molecule is Cc1cccc(C(C)(C)C)c1OCc1ccccc1C(=O)O. The van der Waals surface area contributed by atoms with Crippen LogP contribution in [0.2, 0.25) is 0 Å². The fraction of sp³-hybridized carbons (Fsp3) is 0.316. The van der Waals surface area contributed by atoms with Crippen LogP contribution in [0, 0.1) is 6.92 Å². The quantitative estimate of drug-likeness (QED) is 0.899. The maximum atomic E-state index is 11.3. The number of carboxylic acids is 1. The lowest BCUT2D eigenvalue weighted by molar-refractivity contribution is 0.0694. The molecule has 2 rings (SSSR count). The Morgan fingerprint density at radius 3 is 2.41 bits per heavy atom. The van der Waals surface area contributed by atoms with Crippen molar-refractivity contribution in [1.82, 2.24) is 0 Å². The molecule has 0 aliphatic rings. The van der Waals surface area contributed by atoms with Gasteiger partial charge in [-0.05, 0) is 29.5 Å². The van der Waals surface area contributed by atoms with Gasteiger partial charge in [-0.2, -0.15) is 0 Å². The molecule has 0 spiro atoms. The number of hydrogen-bond acceptors (Lipinski definition) is 2. The first-order chi connectivity index (χ1) is 10.3. The second kappa shape index (κ2) is 6.22. The van der Waals surface area contributed by atoms with E-state index in [9.17, 15) is 9.90 Å². The van der Waals surface area contributed by atoms with E-state index in [0.29, 0.717) is 5.56 Å². The average Bonchev–Trinajstić information content (AvgIpc) is 2.45. The Morgan fingerprint density at radius 2 is 1.77 bits per heavy atom. The Morgan fingerprint density at radius 1 is 1.09 bits per heavy atom. The molecule has 1 N–H and O–H groups in total. The van der Waals surface area contributed by atoms with Crippen LogP contribution in [0.15, 0.2) is 42.5 Å². The smallest absolute Gasteiger partial charge is 0.336 e. The van der Waals surface area contributed by atoms with Gasteiger partial charge in [0.15, 0.2) is 0 Å².